The van der Waals surface area contributed by atoms with Gasteiger partial charge < -0.3 is 10.5 Å². The van der Waals surface area contributed by atoms with Crippen molar-refractivity contribution in [3.05, 3.63) is 57.8 Å². The number of hydrogen-bond donors (Lipinski definition) is 1. The van der Waals surface area contributed by atoms with Crippen molar-refractivity contribution in [2.24, 2.45) is 5.73 Å². The quantitative estimate of drug-likeness (QED) is 0.915. The Labute approximate surface area is 120 Å². The number of ether oxygens (including phenoxy) is 1. The van der Waals surface area contributed by atoms with Crippen LogP contribution in [0.15, 0.2) is 40.9 Å². The van der Waals surface area contributed by atoms with E-state index in [0.29, 0.717) is 24.3 Å². The molecule has 0 spiro atoms. The van der Waals surface area contributed by atoms with Crippen molar-refractivity contribution >= 4 is 15.9 Å². The Bertz CT molecular complexity index is 586. The van der Waals surface area contributed by atoms with E-state index in [4.69, 9.17) is 10.5 Å². The zero-order valence-electron chi connectivity index (χ0n) is 10.6. The van der Waals surface area contributed by atoms with Gasteiger partial charge in [0.2, 0.25) is 0 Å². The number of nitrogens with two attached hydrogens (primary N) is 1. The molecule has 0 bridgehead atoms. The lowest BCUT2D eigenvalue weighted by molar-refractivity contribution is 0.435. The fourth-order valence-corrected chi connectivity index (χ4v) is 2.14. The molecule has 0 saturated heterocycles. The van der Waals surface area contributed by atoms with E-state index in [-0.39, 0.29) is 11.6 Å². The number of rotatable bonds is 4. The third-order valence-corrected chi connectivity index (χ3v) is 3.31. The summed E-state index contributed by atoms with van der Waals surface area (Å²) in [6.45, 7) is 2.23. The summed E-state index contributed by atoms with van der Waals surface area (Å²) in [5.74, 6) is 0.530. The van der Waals surface area contributed by atoms with E-state index in [1.807, 2.05) is 18.2 Å². The molecule has 0 amide bonds. The van der Waals surface area contributed by atoms with Crippen LogP contribution in [0.3, 0.4) is 0 Å². The summed E-state index contributed by atoms with van der Waals surface area (Å²) in [4.78, 5) is 0. The molecular formula is C15H15BrFNO. The molecular weight excluding hydrogens is 309 g/mol. The van der Waals surface area contributed by atoms with Gasteiger partial charge in [0.1, 0.15) is 5.75 Å². The first-order valence-electron chi connectivity index (χ1n) is 6.03. The lowest BCUT2D eigenvalue weighted by atomic mass is 10.1. The highest BCUT2D eigenvalue weighted by molar-refractivity contribution is 9.10. The Morgan fingerprint density at radius 1 is 1.21 bits per heavy atom. The van der Waals surface area contributed by atoms with Crippen LogP contribution >= 0.6 is 15.9 Å². The Hall–Kier alpha value is -1.39. The Kier molecular flexibility index (Phi) is 4.56. The minimum atomic E-state index is -0.332. The molecule has 2 nitrogen and oxygen atoms in total. The Balaban J connectivity index is 2.36. The predicted molar refractivity (Wildman–Crippen MR) is 78.1 cm³/mol. The van der Waals surface area contributed by atoms with E-state index in [1.165, 1.54) is 0 Å². The Morgan fingerprint density at radius 3 is 2.74 bits per heavy atom. The van der Waals surface area contributed by atoms with E-state index < -0.39 is 0 Å². The standard InChI is InChI=1S/C15H15BrFNO/c1-10-3-2-4-13(15(10)17)19-14-9-12(16)6-5-11(14)7-8-18/h2-6,9H,7-8,18H2,1H3. The van der Waals surface area contributed by atoms with Gasteiger partial charge >= 0.3 is 0 Å². The van der Waals surface area contributed by atoms with Gasteiger partial charge in [-0.1, -0.05) is 34.1 Å². The summed E-state index contributed by atoms with van der Waals surface area (Å²) in [6.07, 6.45) is 0.691. The van der Waals surface area contributed by atoms with Crippen LogP contribution in [0.4, 0.5) is 4.39 Å². The lowest BCUT2D eigenvalue weighted by Gasteiger charge is -2.12. The van der Waals surface area contributed by atoms with Crippen molar-refractivity contribution in [1.82, 2.24) is 0 Å². The van der Waals surface area contributed by atoms with Crippen molar-refractivity contribution < 1.29 is 9.13 Å². The fraction of sp³-hybridized carbons (Fsp3) is 0.200. The zero-order valence-corrected chi connectivity index (χ0v) is 12.2. The highest BCUT2D eigenvalue weighted by Crippen LogP contribution is 2.31. The number of halogens is 2. The van der Waals surface area contributed by atoms with Gasteiger partial charge in [0.25, 0.3) is 0 Å². The van der Waals surface area contributed by atoms with Crippen LogP contribution in [0.25, 0.3) is 0 Å². The van der Waals surface area contributed by atoms with Gasteiger partial charge in [0, 0.05) is 4.47 Å². The average Bonchev–Trinajstić information content (AvgIpc) is 2.38. The molecule has 100 valence electrons. The van der Waals surface area contributed by atoms with Gasteiger partial charge in [0.05, 0.1) is 0 Å². The molecule has 0 fully saturated rings. The zero-order chi connectivity index (χ0) is 13.8. The second-order valence-corrected chi connectivity index (χ2v) is 5.20. The number of hydrogen-bond acceptors (Lipinski definition) is 2. The monoisotopic (exact) mass is 323 g/mol. The van der Waals surface area contributed by atoms with Gasteiger partial charge in [-0.2, -0.15) is 0 Å². The van der Waals surface area contributed by atoms with Crippen LogP contribution < -0.4 is 10.5 Å². The molecule has 0 aliphatic rings. The largest absolute Gasteiger partial charge is 0.454 e. The van der Waals surface area contributed by atoms with E-state index in [1.54, 1.807) is 25.1 Å². The molecule has 0 radical (unpaired) electrons. The Morgan fingerprint density at radius 2 is 2.00 bits per heavy atom. The van der Waals surface area contributed by atoms with E-state index in [2.05, 4.69) is 15.9 Å². The maximum absolute atomic E-state index is 13.9. The highest BCUT2D eigenvalue weighted by atomic mass is 79.9. The molecule has 0 aliphatic carbocycles. The molecule has 0 atom stereocenters. The molecule has 2 rings (SSSR count). The van der Waals surface area contributed by atoms with Crippen molar-refractivity contribution in [2.45, 2.75) is 13.3 Å². The molecule has 0 saturated carbocycles. The molecule has 4 heteroatoms. The smallest absolute Gasteiger partial charge is 0.168 e. The summed E-state index contributed by atoms with van der Waals surface area (Å²) < 4.78 is 20.5. The van der Waals surface area contributed by atoms with Gasteiger partial charge in [-0.05, 0) is 49.2 Å². The van der Waals surface area contributed by atoms with E-state index in [9.17, 15) is 4.39 Å². The first-order chi connectivity index (χ1) is 9.11. The fourth-order valence-electron chi connectivity index (χ4n) is 1.80. The summed E-state index contributed by atoms with van der Waals surface area (Å²) in [5, 5.41) is 0. The third kappa shape index (κ3) is 3.33. The molecule has 0 heterocycles. The average molecular weight is 324 g/mol. The van der Waals surface area contributed by atoms with Crippen molar-refractivity contribution in [3.63, 3.8) is 0 Å². The van der Waals surface area contributed by atoms with Gasteiger partial charge in [-0.15, -0.1) is 0 Å². The van der Waals surface area contributed by atoms with Crippen LogP contribution in [-0.2, 0) is 6.42 Å². The SMILES string of the molecule is Cc1cccc(Oc2cc(Br)ccc2CCN)c1F. The highest BCUT2D eigenvalue weighted by Gasteiger charge is 2.10. The van der Waals surface area contributed by atoms with Crippen LogP contribution in [0.2, 0.25) is 0 Å². The first kappa shape index (κ1) is 14.0. The maximum atomic E-state index is 13.9. The minimum absolute atomic E-state index is 0.233. The third-order valence-electron chi connectivity index (χ3n) is 2.82. The van der Waals surface area contributed by atoms with Crippen molar-refractivity contribution in [3.8, 4) is 11.5 Å². The summed E-state index contributed by atoms with van der Waals surface area (Å²) >= 11 is 3.39. The number of aryl methyl sites for hydroxylation is 1. The lowest BCUT2D eigenvalue weighted by Crippen LogP contribution is -2.04. The van der Waals surface area contributed by atoms with Crippen LogP contribution in [0, 0.1) is 12.7 Å². The van der Waals surface area contributed by atoms with Crippen LogP contribution in [-0.4, -0.2) is 6.54 Å². The van der Waals surface area contributed by atoms with Gasteiger partial charge in [-0.3, -0.25) is 0 Å². The molecule has 0 unspecified atom stereocenters. The van der Waals surface area contributed by atoms with Crippen LogP contribution in [0.5, 0.6) is 11.5 Å². The van der Waals surface area contributed by atoms with Gasteiger partial charge in [0.15, 0.2) is 11.6 Å². The molecule has 2 aromatic carbocycles. The first-order valence-corrected chi connectivity index (χ1v) is 6.82. The normalized spacial score (nSPS) is 10.5. The second kappa shape index (κ2) is 6.17. The van der Waals surface area contributed by atoms with Crippen molar-refractivity contribution in [2.75, 3.05) is 6.54 Å². The second-order valence-electron chi connectivity index (χ2n) is 4.28. The summed E-state index contributed by atoms with van der Waals surface area (Å²) in [6, 6.07) is 10.8. The summed E-state index contributed by atoms with van der Waals surface area (Å²) in [5.41, 5.74) is 7.10. The molecule has 0 aromatic heterocycles. The van der Waals surface area contributed by atoms with E-state index in [0.717, 1.165) is 10.0 Å². The minimum Gasteiger partial charge on any atom is -0.454 e. The van der Waals surface area contributed by atoms with Crippen molar-refractivity contribution in [1.29, 1.82) is 0 Å². The summed E-state index contributed by atoms with van der Waals surface area (Å²) in [7, 11) is 0. The van der Waals surface area contributed by atoms with Gasteiger partial charge in [-0.25, -0.2) is 4.39 Å². The van der Waals surface area contributed by atoms with Crippen LogP contribution in [0.1, 0.15) is 11.1 Å². The maximum Gasteiger partial charge on any atom is 0.168 e. The topological polar surface area (TPSA) is 35.2 Å². The molecule has 2 aromatic rings. The molecule has 2 N–H and O–H groups in total. The van der Waals surface area contributed by atoms with E-state index >= 15 is 0 Å². The predicted octanol–water partition coefficient (Wildman–Crippen LogP) is 4.19. The molecule has 19 heavy (non-hydrogen) atoms. The molecule has 0 aliphatic heterocycles. The number of benzene rings is 2.